The van der Waals surface area contributed by atoms with Gasteiger partial charge in [0.05, 0.1) is 5.41 Å². The van der Waals surface area contributed by atoms with E-state index in [1.807, 2.05) is 0 Å². The van der Waals surface area contributed by atoms with E-state index in [9.17, 15) is 0 Å². The van der Waals surface area contributed by atoms with Crippen LogP contribution >= 0.6 is 0 Å². The molecule has 46 heavy (non-hydrogen) atoms. The highest BCUT2D eigenvalue weighted by Gasteiger charge is 2.48. The number of aryl methyl sites for hydroxylation is 3. The van der Waals surface area contributed by atoms with Crippen LogP contribution in [0.2, 0.25) is 0 Å². The largest absolute Gasteiger partial charge is 0.455 e. The first-order valence-electron chi connectivity index (χ1n) is 16.2. The third kappa shape index (κ3) is 4.48. The van der Waals surface area contributed by atoms with E-state index in [1.165, 1.54) is 44.7 Å². The first-order valence-corrected chi connectivity index (χ1v) is 16.2. The molecule has 0 saturated heterocycles. The van der Waals surface area contributed by atoms with Crippen LogP contribution in [0.25, 0.3) is 33.1 Å². The summed E-state index contributed by atoms with van der Waals surface area (Å²) in [6.07, 6.45) is 2.16. The average Bonchev–Trinajstić information content (AvgIpc) is 3.44. The number of fused-ring (bicyclic) bond motifs is 3. The highest BCUT2D eigenvalue weighted by Crippen LogP contribution is 2.46. The van der Waals surface area contributed by atoms with Crippen molar-refractivity contribution in [2.45, 2.75) is 45.4 Å². The molecule has 0 spiro atoms. The van der Waals surface area contributed by atoms with Gasteiger partial charge in [0, 0.05) is 40.6 Å². The van der Waals surface area contributed by atoms with Crippen molar-refractivity contribution in [1.29, 1.82) is 0 Å². The number of pyridine rings is 2. The van der Waals surface area contributed by atoms with Crippen LogP contribution < -0.4 is 9.13 Å². The lowest BCUT2D eigenvalue weighted by Gasteiger charge is -2.30. The molecule has 7 aromatic rings. The third-order valence-electron chi connectivity index (χ3n) is 10.2. The molecule has 7 rings (SSSR count). The molecule has 3 heteroatoms. The molecule has 0 aliphatic carbocycles. The molecule has 1 atom stereocenters. The van der Waals surface area contributed by atoms with E-state index >= 15 is 0 Å². The van der Waals surface area contributed by atoms with Gasteiger partial charge in [-0.25, -0.2) is 9.13 Å². The minimum Gasteiger partial charge on any atom is -0.455 e. The SMILES string of the molecule is Cc1ccccc1C(C)(C)c1cccc(C(C)(c2c(C)ccc3oc4c(-c5ccccc5)cccc4c23)c2cccc[n+]2C)[n+]1C. The van der Waals surface area contributed by atoms with E-state index in [0.29, 0.717) is 0 Å². The van der Waals surface area contributed by atoms with Gasteiger partial charge in [-0.1, -0.05) is 84.9 Å². The van der Waals surface area contributed by atoms with Crippen molar-refractivity contribution < 1.29 is 13.6 Å². The van der Waals surface area contributed by atoms with Crippen molar-refractivity contribution in [1.82, 2.24) is 0 Å². The van der Waals surface area contributed by atoms with E-state index in [4.69, 9.17) is 4.42 Å². The van der Waals surface area contributed by atoms with Crippen LogP contribution in [-0.2, 0) is 24.9 Å². The number of para-hydroxylation sites is 1. The van der Waals surface area contributed by atoms with Crippen LogP contribution in [0.3, 0.4) is 0 Å². The molecule has 0 bridgehead atoms. The van der Waals surface area contributed by atoms with Crippen LogP contribution in [0.1, 0.15) is 60.1 Å². The monoisotopic (exact) mass is 602 g/mol. The number of hydrogen-bond acceptors (Lipinski definition) is 1. The summed E-state index contributed by atoms with van der Waals surface area (Å²) in [6.45, 7) is 11.5. The van der Waals surface area contributed by atoms with Crippen LogP contribution in [0.4, 0.5) is 0 Å². The number of nitrogens with zero attached hydrogens (tertiary/aromatic N) is 2. The fourth-order valence-electron chi connectivity index (χ4n) is 8.04. The Bertz CT molecular complexity index is 2240. The van der Waals surface area contributed by atoms with Gasteiger partial charge in [-0.2, -0.15) is 0 Å². The molecular weight excluding hydrogens is 560 g/mol. The van der Waals surface area contributed by atoms with Gasteiger partial charge in [-0.15, -0.1) is 0 Å². The number of benzene rings is 4. The van der Waals surface area contributed by atoms with Gasteiger partial charge >= 0.3 is 0 Å². The Hall–Kier alpha value is -5.02. The van der Waals surface area contributed by atoms with Crippen molar-refractivity contribution in [2.75, 3.05) is 0 Å². The third-order valence-corrected chi connectivity index (χ3v) is 10.2. The van der Waals surface area contributed by atoms with Crippen molar-refractivity contribution in [3.63, 3.8) is 0 Å². The lowest BCUT2D eigenvalue weighted by Crippen LogP contribution is -2.53. The van der Waals surface area contributed by atoms with Crippen molar-refractivity contribution in [2.24, 2.45) is 14.1 Å². The molecule has 0 N–H and O–H groups in total. The maximum absolute atomic E-state index is 6.80. The summed E-state index contributed by atoms with van der Waals surface area (Å²) in [5.74, 6) is 0. The topological polar surface area (TPSA) is 20.9 Å². The smallest absolute Gasteiger partial charge is 0.202 e. The molecule has 1 unspecified atom stereocenters. The standard InChI is InChI=1S/C43H42N2O/c1-29-17-11-12-22-34(29)42(3,4)36-24-16-25-38(45(36)7)43(5,37-23-13-14-28-44(37)6)40-30(2)26-27-35-39(40)33-21-15-20-32(41(33)46-35)31-18-9-8-10-19-31/h8-28H,1-7H3/q+2. The first kappa shape index (κ1) is 29.7. The molecule has 0 saturated carbocycles. The van der Waals surface area contributed by atoms with E-state index in [2.05, 4.69) is 185 Å². The number of hydrogen-bond donors (Lipinski definition) is 0. The van der Waals surface area contributed by atoms with Crippen LogP contribution in [0, 0.1) is 13.8 Å². The molecule has 0 aliphatic rings. The fourth-order valence-corrected chi connectivity index (χ4v) is 8.04. The zero-order chi connectivity index (χ0) is 32.2. The molecule has 3 aromatic heterocycles. The van der Waals surface area contributed by atoms with Crippen molar-refractivity contribution in [3.8, 4) is 11.1 Å². The van der Waals surface area contributed by atoms with E-state index in [0.717, 1.165) is 27.7 Å². The summed E-state index contributed by atoms with van der Waals surface area (Å²) >= 11 is 0. The Kier molecular flexibility index (Phi) is 7.16. The molecular formula is C43H42N2O+2. The molecule has 0 amide bonds. The number of aromatic nitrogens is 2. The van der Waals surface area contributed by atoms with E-state index in [1.54, 1.807) is 0 Å². The summed E-state index contributed by atoms with van der Waals surface area (Å²) in [5.41, 5.74) is 12.2. The first-order chi connectivity index (χ1) is 22.1. The Balaban J connectivity index is 1.58. The average molecular weight is 603 g/mol. The predicted octanol–water partition coefficient (Wildman–Crippen LogP) is 9.20. The summed E-state index contributed by atoms with van der Waals surface area (Å²) in [7, 11) is 4.40. The summed E-state index contributed by atoms with van der Waals surface area (Å²) < 4.78 is 11.5. The second-order valence-corrected chi connectivity index (χ2v) is 13.4. The molecule has 0 aliphatic heterocycles. The number of rotatable bonds is 6. The lowest BCUT2D eigenvalue weighted by molar-refractivity contribution is -0.702. The fraction of sp³-hybridized carbons (Fsp3) is 0.209. The molecule has 0 fully saturated rings. The predicted molar refractivity (Wildman–Crippen MR) is 188 cm³/mol. The minimum absolute atomic E-state index is 0.218. The lowest BCUT2D eigenvalue weighted by atomic mass is 9.71. The quantitative estimate of drug-likeness (QED) is 0.174. The molecule has 4 aromatic carbocycles. The van der Waals surface area contributed by atoms with Crippen LogP contribution in [0.5, 0.6) is 0 Å². The Morgan fingerprint density at radius 3 is 2.02 bits per heavy atom. The Morgan fingerprint density at radius 2 is 1.26 bits per heavy atom. The van der Waals surface area contributed by atoms with Gasteiger partial charge in [0.15, 0.2) is 17.3 Å². The van der Waals surface area contributed by atoms with E-state index < -0.39 is 5.41 Å². The summed E-state index contributed by atoms with van der Waals surface area (Å²) in [5, 5.41) is 2.31. The van der Waals surface area contributed by atoms with Gasteiger partial charge in [-0.05, 0) is 74.6 Å². The highest BCUT2D eigenvalue weighted by atomic mass is 16.3. The normalized spacial score (nSPS) is 13.3. The van der Waals surface area contributed by atoms with Crippen LogP contribution in [0.15, 0.2) is 132 Å². The maximum Gasteiger partial charge on any atom is 0.202 e. The summed E-state index contributed by atoms with van der Waals surface area (Å²) in [4.78, 5) is 0. The molecule has 3 nitrogen and oxygen atoms in total. The highest BCUT2D eigenvalue weighted by molar-refractivity contribution is 6.12. The zero-order valence-corrected chi connectivity index (χ0v) is 27.9. The van der Waals surface area contributed by atoms with E-state index in [-0.39, 0.29) is 5.41 Å². The van der Waals surface area contributed by atoms with Gasteiger partial charge < -0.3 is 4.42 Å². The molecule has 228 valence electrons. The van der Waals surface area contributed by atoms with Gasteiger partial charge in [0.1, 0.15) is 25.3 Å². The second kappa shape index (κ2) is 11.1. The Labute approximate surface area is 272 Å². The summed E-state index contributed by atoms with van der Waals surface area (Å²) in [6, 6.07) is 43.6. The second-order valence-electron chi connectivity index (χ2n) is 13.4. The number of furan rings is 1. The van der Waals surface area contributed by atoms with Crippen molar-refractivity contribution >= 4 is 21.9 Å². The minimum atomic E-state index is -0.536. The maximum atomic E-state index is 6.80. The molecule has 0 radical (unpaired) electrons. The zero-order valence-electron chi connectivity index (χ0n) is 27.9. The van der Waals surface area contributed by atoms with Gasteiger partial charge in [0.2, 0.25) is 11.4 Å². The Morgan fingerprint density at radius 1 is 0.587 bits per heavy atom. The van der Waals surface area contributed by atoms with Crippen LogP contribution in [-0.4, -0.2) is 0 Å². The van der Waals surface area contributed by atoms with Crippen molar-refractivity contribution in [3.05, 3.63) is 167 Å². The van der Waals surface area contributed by atoms with Gasteiger partial charge in [0.25, 0.3) is 0 Å². The molecule has 3 heterocycles. The van der Waals surface area contributed by atoms with Gasteiger partial charge in [-0.3, -0.25) is 0 Å².